The predicted octanol–water partition coefficient (Wildman–Crippen LogP) is 4.94. The van der Waals surface area contributed by atoms with Gasteiger partial charge in [-0.25, -0.2) is 8.78 Å². The topological polar surface area (TPSA) is 29.1 Å². The number of nitrogens with one attached hydrogen (secondary N) is 1. The average Bonchev–Trinajstić information content (AvgIpc) is 2.36. The summed E-state index contributed by atoms with van der Waals surface area (Å²) in [7, 11) is 0. The Morgan fingerprint density at radius 1 is 1.25 bits per heavy atom. The van der Waals surface area contributed by atoms with Crippen LogP contribution < -0.4 is 5.32 Å². The van der Waals surface area contributed by atoms with Crippen LogP contribution in [-0.4, -0.2) is 5.91 Å². The molecule has 0 atom stereocenters. The minimum Gasteiger partial charge on any atom is -0.317 e. The maximum atomic E-state index is 13.6. The van der Waals surface area contributed by atoms with Gasteiger partial charge in [0.15, 0.2) is 11.6 Å². The zero-order valence-corrected chi connectivity index (χ0v) is 12.6. The summed E-state index contributed by atoms with van der Waals surface area (Å²) in [6.07, 6.45) is 0. The molecule has 2 rings (SSSR count). The second kappa shape index (κ2) is 5.89. The number of hydrogen-bond acceptors (Lipinski definition) is 1. The van der Waals surface area contributed by atoms with Crippen LogP contribution in [-0.2, 0) is 0 Å². The number of amides is 1. The summed E-state index contributed by atoms with van der Waals surface area (Å²) in [6, 6.07) is 7.00. The number of anilines is 1. The van der Waals surface area contributed by atoms with Gasteiger partial charge >= 0.3 is 0 Å². The molecule has 20 heavy (non-hydrogen) atoms. The maximum absolute atomic E-state index is 13.6. The van der Waals surface area contributed by atoms with Crippen molar-refractivity contribution in [2.75, 3.05) is 5.32 Å². The molecule has 0 unspecified atom stereocenters. The van der Waals surface area contributed by atoms with E-state index in [4.69, 9.17) is 11.6 Å². The third-order valence-electron chi connectivity index (χ3n) is 2.68. The Morgan fingerprint density at radius 3 is 2.45 bits per heavy atom. The Balaban J connectivity index is 2.36. The van der Waals surface area contributed by atoms with Gasteiger partial charge in [0.25, 0.3) is 5.91 Å². The molecule has 2 aromatic carbocycles. The maximum Gasteiger partial charge on any atom is 0.257 e. The summed E-state index contributed by atoms with van der Waals surface area (Å²) in [5.74, 6) is -2.40. The van der Waals surface area contributed by atoms with Gasteiger partial charge in [0.05, 0.1) is 10.6 Å². The van der Waals surface area contributed by atoms with Gasteiger partial charge in [-0.1, -0.05) is 39.7 Å². The minimum absolute atomic E-state index is 0.161. The Hall–Kier alpha value is -1.46. The summed E-state index contributed by atoms with van der Waals surface area (Å²) < 4.78 is 27.5. The van der Waals surface area contributed by atoms with Crippen molar-refractivity contribution >= 4 is 39.1 Å². The predicted molar refractivity (Wildman–Crippen MR) is 78.2 cm³/mol. The fourth-order valence-electron chi connectivity index (χ4n) is 1.67. The molecule has 0 saturated heterocycles. The Labute approximate surface area is 127 Å². The molecule has 6 heteroatoms. The molecule has 0 heterocycles. The quantitative estimate of drug-likeness (QED) is 0.807. The molecule has 2 aromatic rings. The summed E-state index contributed by atoms with van der Waals surface area (Å²) in [5, 5.41) is 2.45. The molecule has 0 aromatic heterocycles. The zero-order valence-electron chi connectivity index (χ0n) is 10.3. The van der Waals surface area contributed by atoms with Gasteiger partial charge in [-0.2, -0.15) is 0 Å². The molecule has 2 nitrogen and oxygen atoms in total. The van der Waals surface area contributed by atoms with E-state index < -0.39 is 23.2 Å². The van der Waals surface area contributed by atoms with Crippen LogP contribution in [0.15, 0.2) is 34.8 Å². The molecular weight excluding hydrogens is 352 g/mol. The second-order valence-corrected chi connectivity index (χ2v) is 5.43. The number of hydrogen-bond donors (Lipinski definition) is 1. The molecule has 0 spiro atoms. The van der Waals surface area contributed by atoms with E-state index in [0.29, 0.717) is 5.56 Å². The van der Waals surface area contributed by atoms with Crippen LogP contribution in [0.4, 0.5) is 14.5 Å². The molecular formula is C14H9BrClF2NO. The van der Waals surface area contributed by atoms with E-state index in [0.717, 1.165) is 12.1 Å². The molecule has 1 N–H and O–H groups in total. The van der Waals surface area contributed by atoms with E-state index >= 15 is 0 Å². The molecule has 0 aliphatic rings. The lowest BCUT2D eigenvalue weighted by Gasteiger charge is -2.10. The fraction of sp³-hybridized carbons (Fsp3) is 0.0714. The molecule has 0 radical (unpaired) electrons. The lowest BCUT2D eigenvalue weighted by molar-refractivity contribution is 0.102. The molecule has 104 valence electrons. The summed E-state index contributed by atoms with van der Waals surface area (Å²) in [6.45, 7) is 1.74. The van der Waals surface area contributed by atoms with Gasteiger partial charge in [0.1, 0.15) is 5.69 Å². The largest absolute Gasteiger partial charge is 0.317 e. The molecule has 0 aliphatic carbocycles. The van der Waals surface area contributed by atoms with Crippen LogP contribution in [0.1, 0.15) is 15.9 Å². The normalized spacial score (nSPS) is 10.4. The van der Waals surface area contributed by atoms with Crippen molar-refractivity contribution in [2.24, 2.45) is 0 Å². The Bertz CT molecular complexity index is 668. The first kappa shape index (κ1) is 14.9. The number of benzene rings is 2. The van der Waals surface area contributed by atoms with Crippen LogP contribution >= 0.6 is 27.5 Å². The Morgan fingerprint density at radius 2 is 1.85 bits per heavy atom. The molecule has 0 saturated carbocycles. The van der Waals surface area contributed by atoms with Crippen molar-refractivity contribution in [3.8, 4) is 0 Å². The zero-order chi connectivity index (χ0) is 14.9. The summed E-state index contributed by atoms with van der Waals surface area (Å²) in [4.78, 5) is 12.0. The first-order chi connectivity index (χ1) is 9.40. The monoisotopic (exact) mass is 359 g/mol. The first-order valence-corrected chi connectivity index (χ1v) is 6.78. The number of rotatable bonds is 2. The van der Waals surface area contributed by atoms with Gasteiger partial charge in [-0.3, -0.25) is 4.79 Å². The molecule has 0 aliphatic heterocycles. The lowest BCUT2D eigenvalue weighted by Crippen LogP contribution is -2.15. The van der Waals surface area contributed by atoms with E-state index in [1.807, 2.05) is 0 Å². The van der Waals surface area contributed by atoms with Crippen LogP contribution in [0.25, 0.3) is 0 Å². The Kier molecular flexibility index (Phi) is 4.40. The van der Waals surface area contributed by atoms with Gasteiger partial charge in [0.2, 0.25) is 0 Å². The highest BCUT2D eigenvalue weighted by Crippen LogP contribution is 2.26. The van der Waals surface area contributed by atoms with Crippen molar-refractivity contribution in [2.45, 2.75) is 6.92 Å². The molecule has 0 bridgehead atoms. The standard InChI is InChI=1S/C14H9BrClF2NO/c1-7-3-2-4-9(12(7)16)14(20)19-13-10(17)5-8(15)6-11(13)18/h2-6H,1H3,(H,19,20). The van der Waals surface area contributed by atoms with Crippen LogP contribution in [0, 0.1) is 18.6 Å². The van der Waals surface area contributed by atoms with E-state index in [1.54, 1.807) is 19.1 Å². The third kappa shape index (κ3) is 2.99. The van der Waals surface area contributed by atoms with Crippen molar-refractivity contribution in [3.05, 3.63) is 62.6 Å². The average molecular weight is 361 g/mol. The minimum atomic E-state index is -0.867. The highest BCUT2D eigenvalue weighted by Gasteiger charge is 2.17. The number of carbonyl (C=O) groups excluding carboxylic acids is 1. The van der Waals surface area contributed by atoms with Gasteiger partial charge in [-0.15, -0.1) is 0 Å². The van der Waals surface area contributed by atoms with E-state index in [-0.39, 0.29) is 15.1 Å². The van der Waals surface area contributed by atoms with Crippen LogP contribution in [0.3, 0.4) is 0 Å². The third-order valence-corrected chi connectivity index (χ3v) is 3.64. The van der Waals surface area contributed by atoms with Crippen LogP contribution in [0.2, 0.25) is 5.02 Å². The van der Waals surface area contributed by atoms with Crippen molar-refractivity contribution in [1.29, 1.82) is 0 Å². The highest BCUT2D eigenvalue weighted by molar-refractivity contribution is 9.10. The van der Waals surface area contributed by atoms with E-state index in [1.165, 1.54) is 6.07 Å². The van der Waals surface area contributed by atoms with Crippen LogP contribution in [0.5, 0.6) is 0 Å². The van der Waals surface area contributed by atoms with E-state index in [2.05, 4.69) is 21.2 Å². The summed E-state index contributed by atoms with van der Waals surface area (Å²) >= 11 is 8.97. The van der Waals surface area contributed by atoms with Gasteiger partial charge in [0, 0.05) is 4.47 Å². The molecule has 1 amide bonds. The van der Waals surface area contributed by atoms with Crippen molar-refractivity contribution in [1.82, 2.24) is 0 Å². The number of aryl methyl sites for hydroxylation is 1. The smallest absolute Gasteiger partial charge is 0.257 e. The van der Waals surface area contributed by atoms with Crippen molar-refractivity contribution < 1.29 is 13.6 Å². The van der Waals surface area contributed by atoms with Gasteiger partial charge in [-0.05, 0) is 30.7 Å². The first-order valence-electron chi connectivity index (χ1n) is 5.61. The number of carbonyl (C=O) groups is 1. The fourth-order valence-corrected chi connectivity index (χ4v) is 2.28. The SMILES string of the molecule is Cc1cccc(C(=O)Nc2c(F)cc(Br)cc2F)c1Cl. The summed E-state index contributed by atoms with van der Waals surface area (Å²) in [5.41, 5.74) is 0.361. The van der Waals surface area contributed by atoms with Crippen molar-refractivity contribution in [3.63, 3.8) is 0 Å². The number of halogens is 4. The lowest BCUT2D eigenvalue weighted by atomic mass is 10.1. The van der Waals surface area contributed by atoms with E-state index in [9.17, 15) is 13.6 Å². The van der Waals surface area contributed by atoms with Gasteiger partial charge < -0.3 is 5.32 Å². The highest BCUT2D eigenvalue weighted by atomic mass is 79.9. The second-order valence-electron chi connectivity index (χ2n) is 4.14. The molecule has 0 fully saturated rings.